The first-order valence-corrected chi connectivity index (χ1v) is 12.2. The summed E-state index contributed by atoms with van der Waals surface area (Å²) in [6.45, 7) is 2.53. The number of rotatable bonds is 15. The minimum atomic E-state index is -2.52. The molecule has 0 aliphatic heterocycles. The number of nitrogens with zero attached hydrogens (tertiary/aromatic N) is 1. The van der Waals surface area contributed by atoms with E-state index in [0.29, 0.717) is 25.4 Å². The van der Waals surface area contributed by atoms with E-state index < -0.39 is 8.25 Å². The molecule has 7 nitrogen and oxygen atoms in total. The molecular weight excluding hydrogens is 425 g/mol. The molecular formula is C24H31N3O4P+. The van der Waals surface area contributed by atoms with Gasteiger partial charge in [0.25, 0.3) is 0 Å². The molecule has 3 aromatic rings. The Labute approximate surface area is 190 Å². The molecule has 0 aliphatic rings. The lowest BCUT2D eigenvalue weighted by atomic mass is 10.1. The van der Waals surface area contributed by atoms with Crippen LogP contribution >= 0.6 is 8.25 Å². The molecule has 3 rings (SSSR count). The molecule has 32 heavy (non-hydrogen) atoms. The summed E-state index contributed by atoms with van der Waals surface area (Å²) in [6, 6.07) is 16.8. The lowest BCUT2D eigenvalue weighted by molar-refractivity contribution is 0.276. The number of unbranched alkanes of at least 4 members (excludes halogenated alkanes) is 2. The molecule has 0 saturated heterocycles. The fourth-order valence-corrected chi connectivity index (χ4v) is 3.75. The molecule has 170 valence electrons. The van der Waals surface area contributed by atoms with E-state index >= 15 is 0 Å². The third-order valence-corrected chi connectivity index (χ3v) is 5.48. The topological polar surface area (TPSA) is 96.6 Å². The van der Waals surface area contributed by atoms with Crippen molar-refractivity contribution >= 4 is 13.9 Å². The van der Waals surface area contributed by atoms with Gasteiger partial charge >= 0.3 is 8.25 Å². The second kappa shape index (κ2) is 13.8. The first-order chi connectivity index (χ1) is 15.7. The van der Waals surface area contributed by atoms with Crippen molar-refractivity contribution in [2.75, 3.05) is 25.0 Å². The molecule has 8 heteroatoms. The minimum Gasteiger partial charge on any atom is -0.444 e. The Morgan fingerprint density at radius 3 is 2.66 bits per heavy atom. The van der Waals surface area contributed by atoms with Gasteiger partial charge in [-0.1, -0.05) is 42.8 Å². The van der Waals surface area contributed by atoms with E-state index in [1.807, 2.05) is 0 Å². The van der Waals surface area contributed by atoms with Crippen LogP contribution in [0.15, 0.2) is 65.4 Å². The smallest absolute Gasteiger partial charge is 0.444 e. The van der Waals surface area contributed by atoms with Gasteiger partial charge < -0.3 is 15.1 Å². The summed E-state index contributed by atoms with van der Waals surface area (Å²) in [5, 5.41) is 6.85. The van der Waals surface area contributed by atoms with Crippen molar-refractivity contribution in [1.82, 2.24) is 10.3 Å². The number of hydrogen-bond acceptors (Lipinski definition) is 6. The third-order valence-electron chi connectivity index (χ3n) is 5.08. The average Bonchev–Trinajstić information content (AvgIpc) is 3.34. The lowest BCUT2D eigenvalue weighted by Gasteiger charge is -2.13. The van der Waals surface area contributed by atoms with Crippen LogP contribution in [0, 0.1) is 0 Å². The van der Waals surface area contributed by atoms with E-state index in [0.717, 1.165) is 36.2 Å². The Morgan fingerprint density at radius 2 is 1.88 bits per heavy atom. The summed E-state index contributed by atoms with van der Waals surface area (Å²) in [6.07, 6.45) is 8.48. The highest BCUT2D eigenvalue weighted by Crippen LogP contribution is 2.28. The molecule has 0 spiro atoms. The number of oxazole rings is 1. The largest absolute Gasteiger partial charge is 0.694 e. The molecule has 1 unspecified atom stereocenters. The fourth-order valence-electron chi connectivity index (χ4n) is 3.46. The number of anilines is 1. The van der Waals surface area contributed by atoms with Crippen molar-refractivity contribution in [3.63, 3.8) is 0 Å². The molecule has 0 aliphatic carbocycles. The van der Waals surface area contributed by atoms with Gasteiger partial charge in [0.15, 0.2) is 0 Å². The van der Waals surface area contributed by atoms with Crippen molar-refractivity contribution in [2.24, 2.45) is 0 Å². The predicted octanol–water partition coefficient (Wildman–Crippen LogP) is 5.31. The quantitative estimate of drug-likeness (QED) is 0.211. The standard InChI is InChI=1S/C24H30N3O4P/c28-32(29)31-16-7-13-25-19-21-11-12-23(22(18-21)24-27-15-17-30-24)26-14-6-2-5-10-20-8-3-1-4-9-20/h1,3-4,8-9,11-12,15,17-18,25-26H,2,5-7,10,13-14,16,19H2/p+1. The van der Waals surface area contributed by atoms with Crippen molar-refractivity contribution in [1.29, 1.82) is 0 Å². The molecule has 0 radical (unpaired) electrons. The first kappa shape index (κ1) is 24.1. The third kappa shape index (κ3) is 8.52. The van der Waals surface area contributed by atoms with Crippen molar-refractivity contribution in [2.45, 2.75) is 38.6 Å². The van der Waals surface area contributed by atoms with Gasteiger partial charge in [-0.15, -0.1) is 9.42 Å². The van der Waals surface area contributed by atoms with Crippen LogP contribution in [0.3, 0.4) is 0 Å². The first-order valence-electron chi connectivity index (χ1n) is 11.0. The predicted molar refractivity (Wildman–Crippen MR) is 127 cm³/mol. The van der Waals surface area contributed by atoms with Gasteiger partial charge in [-0.3, -0.25) is 0 Å². The summed E-state index contributed by atoms with van der Waals surface area (Å²) in [5.41, 5.74) is 4.46. The van der Waals surface area contributed by atoms with Gasteiger partial charge in [-0.2, -0.15) is 0 Å². The van der Waals surface area contributed by atoms with Gasteiger partial charge in [-0.05, 0) is 55.5 Å². The van der Waals surface area contributed by atoms with Gasteiger partial charge in [0.2, 0.25) is 5.89 Å². The highest BCUT2D eigenvalue weighted by Gasteiger charge is 2.12. The maximum atomic E-state index is 10.5. The fraction of sp³-hybridized carbons (Fsp3) is 0.375. The summed E-state index contributed by atoms with van der Waals surface area (Å²) in [5.74, 6) is 0.596. The monoisotopic (exact) mass is 456 g/mol. The second-order valence-corrected chi connectivity index (χ2v) is 8.28. The van der Waals surface area contributed by atoms with E-state index in [2.05, 4.69) is 68.7 Å². The molecule has 0 amide bonds. The molecule has 0 fully saturated rings. The van der Waals surface area contributed by atoms with Gasteiger partial charge in [0, 0.05) is 23.3 Å². The minimum absolute atomic E-state index is 0.258. The zero-order valence-electron chi connectivity index (χ0n) is 18.2. The van der Waals surface area contributed by atoms with Crippen LogP contribution in [-0.4, -0.2) is 29.6 Å². The Hall–Kier alpha value is -2.57. The summed E-state index contributed by atoms with van der Waals surface area (Å²) in [7, 11) is -2.52. The van der Waals surface area contributed by atoms with E-state index in [9.17, 15) is 4.57 Å². The average molecular weight is 457 g/mol. The number of benzene rings is 2. The van der Waals surface area contributed by atoms with Crippen LogP contribution in [-0.2, 0) is 22.1 Å². The van der Waals surface area contributed by atoms with Crippen molar-refractivity contribution in [3.05, 3.63) is 72.1 Å². The molecule has 1 aromatic heterocycles. The summed E-state index contributed by atoms with van der Waals surface area (Å²) >= 11 is 0. The van der Waals surface area contributed by atoms with Crippen LogP contribution in [0.2, 0.25) is 0 Å². The Kier molecular flexibility index (Phi) is 10.4. The van der Waals surface area contributed by atoms with Crippen LogP contribution in [0.25, 0.3) is 11.5 Å². The summed E-state index contributed by atoms with van der Waals surface area (Å²) in [4.78, 5) is 13.0. The maximum absolute atomic E-state index is 10.5. The Balaban J connectivity index is 1.45. The summed E-state index contributed by atoms with van der Waals surface area (Å²) < 4.78 is 20.7. The normalized spacial score (nSPS) is 11.5. The second-order valence-electron chi connectivity index (χ2n) is 7.54. The number of nitrogens with one attached hydrogen (secondary N) is 2. The van der Waals surface area contributed by atoms with E-state index in [1.165, 1.54) is 18.4 Å². The molecule has 1 atom stereocenters. The van der Waals surface area contributed by atoms with Crippen LogP contribution in [0.4, 0.5) is 5.69 Å². The Morgan fingerprint density at radius 1 is 1.00 bits per heavy atom. The van der Waals surface area contributed by atoms with E-state index in [1.54, 1.807) is 12.5 Å². The highest BCUT2D eigenvalue weighted by atomic mass is 31.1. The molecule has 3 N–H and O–H groups in total. The zero-order valence-corrected chi connectivity index (χ0v) is 19.1. The zero-order chi connectivity index (χ0) is 22.4. The SMILES string of the molecule is O=[P+](O)OCCCNCc1ccc(NCCCCCc2ccccc2)c(-c2ncco2)c1. The van der Waals surface area contributed by atoms with Gasteiger partial charge in [-0.25, -0.2) is 4.98 Å². The molecule has 0 saturated carbocycles. The number of hydrogen-bond donors (Lipinski definition) is 3. The van der Waals surface area contributed by atoms with Crippen molar-refractivity contribution < 1.29 is 18.4 Å². The van der Waals surface area contributed by atoms with Crippen LogP contribution in [0.5, 0.6) is 0 Å². The van der Waals surface area contributed by atoms with E-state index in [4.69, 9.17) is 9.31 Å². The molecule has 2 aromatic carbocycles. The lowest BCUT2D eigenvalue weighted by Crippen LogP contribution is -2.16. The van der Waals surface area contributed by atoms with Crippen LogP contribution < -0.4 is 10.6 Å². The van der Waals surface area contributed by atoms with Crippen LogP contribution in [0.1, 0.15) is 36.8 Å². The van der Waals surface area contributed by atoms with E-state index in [-0.39, 0.29) is 6.61 Å². The number of aryl methyl sites for hydroxylation is 1. The maximum Gasteiger partial charge on any atom is 0.694 e. The van der Waals surface area contributed by atoms with Gasteiger partial charge in [0.1, 0.15) is 12.9 Å². The Bertz CT molecular complexity index is 936. The molecule has 0 bridgehead atoms. The van der Waals surface area contributed by atoms with Gasteiger partial charge in [0.05, 0.1) is 11.8 Å². The van der Waals surface area contributed by atoms with Crippen molar-refractivity contribution in [3.8, 4) is 11.5 Å². The highest BCUT2D eigenvalue weighted by molar-refractivity contribution is 7.32. The molecule has 1 heterocycles. The number of aromatic nitrogens is 1.